The maximum absolute atomic E-state index is 15.1. The van der Waals surface area contributed by atoms with Gasteiger partial charge >= 0.3 is 0 Å². The van der Waals surface area contributed by atoms with Crippen molar-refractivity contribution < 1.29 is 13.2 Å². The van der Waals surface area contributed by atoms with Crippen molar-refractivity contribution in [2.45, 2.75) is 38.5 Å². The minimum absolute atomic E-state index is 0.00684. The number of rotatable bonds is 2. The van der Waals surface area contributed by atoms with E-state index in [4.69, 9.17) is 0 Å². The highest BCUT2D eigenvalue weighted by atomic mass is 19.2. The Balaban J connectivity index is 1.73. The molecule has 0 radical (unpaired) electrons. The Labute approximate surface area is 145 Å². The van der Waals surface area contributed by atoms with Crippen LogP contribution in [0.1, 0.15) is 41.5 Å². The van der Waals surface area contributed by atoms with E-state index in [1.54, 1.807) is 6.07 Å². The fraction of sp³-hybridized carbons (Fsp3) is 0.273. The zero-order valence-corrected chi connectivity index (χ0v) is 14.1. The molecule has 4 rings (SSSR count). The van der Waals surface area contributed by atoms with Gasteiger partial charge in [0.2, 0.25) is 0 Å². The molecule has 0 heterocycles. The van der Waals surface area contributed by atoms with Crippen LogP contribution in [0.2, 0.25) is 0 Å². The van der Waals surface area contributed by atoms with E-state index in [0.29, 0.717) is 35.8 Å². The average Bonchev–Trinajstić information content (AvgIpc) is 2.64. The zero-order chi connectivity index (χ0) is 17.6. The van der Waals surface area contributed by atoms with Crippen molar-refractivity contribution in [2.75, 3.05) is 0 Å². The lowest BCUT2D eigenvalue weighted by atomic mass is 9.79. The highest BCUT2D eigenvalue weighted by Gasteiger charge is 2.26. The highest BCUT2D eigenvalue weighted by Crippen LogP contribution is 2.37. The second-order valence-corrected chi connectivity index (χ2v) is 6.82. The fourth-order valence-corrected chi connectivity index (χ4v) is 3.94. The highest BCUT2D eigenvalue weighted by molar-refractivity contribution is 5.84. The standard InChI is InChI=1S/C22H19F3/c1-2-13-3-7-17-14(11-13)4-8-18(21(17)24)15-5-9-19-16(12-15)6-10-20(23)22(19)25/h3-4,6-8,10-11,15H,2,5,9,12H2,1H3. The summed E-state index contributed by atoms with van der Waals surface area (Å²) in [5.41, 5.74) is 3.09. The second-order valence-electron chi connectivity index (χ2n) is 6.82. The van der Waals surface area contributed by atoms with Crippen LogP contribution < -0.4 is 0 Å². The van der Waals surface area contributed by atoms with Crippen molar-refractivity contribution in [3.05, 3.63) is 82.2 Å². The molecule has 1 atom stereocenters. The van der Waals surface area contributed by atoms with E-state index in [9.17, 15) is 8.78 Å². The van der Waals surface area contributed by atoms with Crippen LogP contribution in [0.25, 0.3) is 10.8 Å². The van der Waals surface area contributed by atoms with Gasteiger partial charge in [0.1, 0.15) is 5.82 Å². The SMILES string of the molecule is CCc1ccc2c(F)c(C3CCc4c(ccc(F)c4F)C3)ccc2c1. The summed E-state index contributed by atoms with van der Waals surface area (Å²) in [7, 11) is 0. The average molecular weight is 340 g/mol. The molecule has 3 aromatic rings. The van der Waals surface area contributed by atoms with Gasteiger partial charge < -0.3 is 0 Å². The largest absolute Gasteiger partial charge is 0.206 e. The summed E-state index contributed by atoms with van der Waals surface area (Å²) in [6.45, 7) is 2.08. The number of benzene rings is 3. The molecule has 3 heteroatoms. The van der Waals surface area contributed by atoms with E-state index >= 15 is 4.39 Å². The first-order chi connectivity index (χ1) is 12.1. The molecule has 1 aliphatic rings. The molecule has 0 aromatic heterocycles. The Morgan fingerprint density at radius 3 is 2.60 bits per heavy atom. The molecule has 128 valence electrons. The third kappa shape index (κ3) is 2.72. The number of fused-ring (bicyclic) bond motifs is 2. The van der Waals surface area contributed by atoms with Crippen molar-refractivity contribution in [1.82, 2.24) is 0 Å². The van der Waals surface area contributed by atoms with Crippen molar-refractivity contribution in [2.24, 2.45) is 0 Å². The van der Waals surface area contributed by atoms with Gasteiger partial charge in [0.05, 0.1) is 0 Å². The smallest absolute Gasteiger partial charge is 0.162 e. The molecular weight excluding hydrogens is 321 g/mol. The van der Waals surface area contributed by atoms with E-state index in [2.05, 4.69) is 6.92 Å². The lowest BCUT2D eigenvalue weighted by molar-refractivity contribution is 0.473. The van der Waals surface area contributed by atoms with Gasteiger partial charge in [0.15, 0.2) is 11.6 Å². The molecule has 0 saturated heterocycles. The predicted molar refractivity (Wildman–Crippen MR) is 94.4 cm³/mol. The lowest BCUT2D eigenvalue weighted by Crippen LogP contribution is -2.16. The maximum Gasteiger partial charge on any atom is 0.162 e. The Morgan fingerprint density at radius 2 is 1.80 bits per heavy atom. The second kappa shape index (κ2) is 6.21. The molecule has 0 bridgehead atoms. The zero-order valence-electron chi connectivity index (χ0n) is 14.1. The van der Waals surface area contributed by atoms with Gasteiger partial charge in [-0.2, -0.15) is 0 Å². The van der Waals surface area contributed by atoms with E-state index in [-0.39, 0.29) is 11.7 Å². The van der Waals surface area contributed by atoms with Crippen LogP contribution in [0.3, 0.4) is 0 Å². The summed E-state index contributed by atoms with van der Waals surface area (Å²) in [6, 6.07) is 12.4. The normalized spacial score (nSPS) is 16.9. The van der Waals surface area contributed by atoms with Crippen LogP contribution in [0.15, 0.2) is 42.5 Å². The van der Waals surface area contributed by atoms with Crippen molar-refractivity contribution >= 4 is 10.8 Å². The summed E-state index contributed by atoms with van der Waals surface area (Å²) >= 11 is 0. The van der Waals surface area contributed by atoms with E-state index in [1.165, 1.54) is 11.6 Å². The number of hydrogen-bond donors (Lipinski definition) is 0. The summed E-state index contributed by atoms with van der Waals surface area (Å²) in [5.74, 6) is -1.74. The van der Waals surface area contributed by atoms with Gasteiger partial charge in [0, 0.05) is 5.39 Å². The van der Waals surface area contributed by atoms with Gasteiger partial charge in [-0.25, -0.2) is 13.2 Å². The molecule has 0 aliphatic heterocycles. The first-order valence-corrected chi connectivity index (χ1v) is 8.75. The van der Waals surface area contributed by atoms with E-state index in [1.807, 2.05) is 30.3 Å². The number of halogens is 3. The van der Waals surface area contributed by atoms with Gasteiger partial charge in [-0.05, 0) is 65.3 Å². The topological polar surface area (TPSA) is 0 Å². The minimum atomic E-state index is -0.805. The Hall–Kier alpha value is -2.29. The van der Waals surface area contributed by atoms with Crippen LogP contribution in [-0.4, -0.2) is 0 Å². The summed E-state index contributed by atoms with van der Waals surface area (Å²) in [4.78, 5) is 0. The maximum atomic E-state index is 15.1. The van der Waals surface area contributed by atoms with Gasteiger partial charge in [-0.1, -0.05) is 43.3 Å². The Kier molecular flexibility index (Phi) is 4.03. The lowest BCUT2D eigenvalue weighted by Gasteiger charge is -2.26. The molecule has 25 heavy (non-hydrogen) atoms. The van der Waals surface area contributed by atoms with E-state index in [0.717, 1.165) is 17.4 Å². The first-order valence-electron chi connectivity index (χ1n) is 8.75. The molecule has 1 unspecified atom stereocenters. The van der Waals surface area contributed by atoms with E-state index < -0.39 is 11.6 Å². The molecular formula is C22H19F3. The third-order valence-corrected chi connectivity index (χ3v) is 5.40. The van der Waals surface area contributed by atoms with Gasteiger partial charge in [0.25, 0.3) is 0 Å². The van der Waals surface area contributed by atoms with Crippen molar-refractivity contribution in [3.8, 4) is 0 Å². The molecule has 0 nitrogen and oxygen atoms in total. The molecule has 0 saturated carbocycles. The third-order valence-electron chi connectivity index (χ3n) is 5.40. The quantitative estimate of drug-likeness (QED) is 0.529. The summed E-state index contributed by atoms with van der Waals surface area (Å²) < 4.78 is 42.4. The van der Waals surface area contributed by atoms with Gasteiger partial charge in [-0.3, -0.25) is 0 Å². The van der Waals surface area contributed by atoms with Crippen LogP contribution in [0, 0.1) is 17.5 Å². The van der Waals surface area contributed by atoms with Crippen LogP contribution in [0.4, 0.5) is 13.2 Å². The summed E-state index contributed by atoms with van der Waals surface area (Å²) in [5, 5.41) is 1.54. The predicted octanol–water partition coefficient (Wildman–Crippen LogP) is 6.09. The van der Waals surface area contributed by atoms with Crippen LogP contribution >= 0.6 is 0 Å². The Morgan fingerprint density at radius 1 is 0.960 bits per heavy atom. The molecule has 0 spiro atoms. The summed E-state index contributed by atoms with van der Waals surface area (Å²) in [6.07, 6.45) is 2.53. The van der Waals surface area contributed by atoms with Crippen molar-refractivity contribution in [1.29, 1.82) is 0 Å². The van der Waals surface area contributed by atoms with Gasteiger partial charge in [-0.15, -0.1) is 0 Å². The first kappa shape index (κ1) is 16.2. The van der Waals surface area contributed by atoms with Crippen LogP contribution in [-0.2, 0) is 19.3 Å². The number of aryl methyl sites for hydroxylation is 1. The Bertz CT molecular complexity index is 959. The monoisotopic (exact) mass is 340 g/mol. The number of hydrogen-bond acceptors (Lipinski definition) is 0. The van der Waals surface area contributed by atoms with Crippen molar-refractivity contribution in [3.63, 3.8) is 0 Å². The minimum Gasteiger partial charge on any atom is -0.206 e. The molecule has 0 fully saturated rings. The molecule has 1 aliphatic carbocycles. The molecule has 0 amide bonds. The van der Waals surface area contributed by atoms with Crippen LogP contribution in [0.5, 0.6) is 0 Å². The molecule has 0 N–H and O–H groups in total. The fourth-order valence-electron chi connectivity index (χ4n) is 3.94. The molecule has 3 aromatic carbocycles.